The zero-order chi connectivity index (χ0) is 16.9. The van der Waals surface area contributed by atoms with Gasteiger partial charge >= 0.3 is 12.1 Å². The number of carboxylic acid groups (broad SMARTS) is 1. The molecular weight excluding hydrogens is 284 g/mol. The minimum Gasteiger partial charge on any atom is -0.480 e. The number of anilines is 1. The predicted molar refractivity (Wildman–Crippen MR) is 85.3 cm³/mol. The summed E-state index contributed by atoms with van der Waals surface area (Å²) >= 11 is 0. The molecular formula is C16H24N2O4. The van der Waals surface area contributed by atoms with Crippen molar-refractivity contribution in [1.29, 1.82) is 0 Å². The summed E-state index contributed by atoms with van der Waals surface area (Å²) in [7, 11) is 3.86. The lowest BCUT2D eigenvalue weighted by atomic mass is 10.1. The van der Waals surface area contributed by atoms with Gasteiger partial charge in [0.1, 0.15) is 11.6 Å². The summed E-state index contributed by atoms with van der Waals surface area (Å²) in [6, 6.07) is 6.48. The maximum Gasteiger partial charge on any atom is 0.408 e. The maximum absolute atomic E-state index is 11.7. The number of nitrogens with zero attached hydrogens (tertiary/aromatic N) is 1. The summed E-state index contributed by atoms with van der Waals surface area (Å²) in [5.41, 5.74) is 1.19. The minimum absolute atomic E-state index is 0.197. The molecule has 1 atom stereocenters. The van der Waals surface area contributed by atoms with Crippen molar-refractivity contribution in [2.24, 2.45) is 0 Å². The van der Waals surface area contributed by atoms with Gasteiger partial charge in [-0.1, -0.05) is 12.1 Å². The van der Waals surface area contributed by atoms with Gasteiger partial charge in [0.15, 0.2) is 0 Å². The summed E-state index contributed by atoms with van der Waals surface area (Å²) in [5.74, 6) is -1.09. The van der Waals surface area contributed by atoms with Gasteiger partial charge in [0, 0.05) is 26.2 Å². The Morgan fingerprint density at radius 2 is 1.77 bits per heavy atom. The molecule has 0 fully saturated rings. The number of alkyl carbamates (subject to hydrolysis) is 1. The number of carbonyl (C=O) groups excluding carboxylic acids is 1. The Hall–Kier alpha value is -2.24. The average Bonchev–Trinajstić information content (AvgIpc) is 2.36. The van der Waals surface area contributed by atoms with E-state index in [9.17, 15) is 14.7 Å². The van der Waals surface area contributed by atoms with Gasteiger partial charge in [0.25, 0.3) is 0 Å². The number of carbonyl (C=O) groups is 2. The molecule has 122 valence electrons. The van der Waals surface area contributed by atoms with Gasteiger partial charge in [0.2, 0.25) is 0 Å². The Morgan fingerprint density at radius 1 is 1.23 bits per heavy atom. The second-order valence-corrected chi connectivity index (χ2v) is 6.30. The van der Waals surface area contributed by atoms with Crippen LogP contribution < -0.4 is 10.2 Å². The average molecular weight is 308 g/mol. The van der Waals surface area contributed by atoms with E-state index < -0.39 is 23.7 Å². The van der Waals surface area contributed by atoms with Crippen molar-refractivity contribution in [3.8, 4) is 0 Å². The second kappa shape index (κ2) is 7.15. The van der Waals surface area contributed by atoms with Gasteiger partial charge in [-0.2, -0.15) is 0 Å². The van der Waals surface area contributed by atoms with Crippen LogP contribution in [0, 0.1) is 0 Å². The van der Waals surface area contributed by atoms with Crippen LogP contribution in [0.3, 0.4) is 0 Å². The van der Waals surface area contributed by atoms with E-state index in [4.69, 9.17) is 4.74 Å². The molecule has 0 aliphatic carbocycles. The third-order valence-electron chi connectivity index (χ3n) is 2.88. The molecule has 1 aromatic carbocycles. The van der Waals surface area contributed by atoms with Crippen LogP contribution in [0.4, 0.5) is 10.5 Å². The molecule has 1 amide bonds. The molecule has 6 heteroatoms. The zero-order valence-electron chi connectivity index (χ0n) is 13.7. The highest BCUT2D eigenvalue weighted by molar-refractivity contribution is 5.80. The Kier molecular flexibility index (Phi) is 5.79. The fourth-order valence-corrected chi connectivity index (χ4v) is 1.82. The first kappa shape index (κ1) is 17.8. The maximum atomic E-state index is 11.7. The molecule has 0 heterocycles. The van der Waals surface area contributed by atoms with Gasteiger partial charge in [-0.05, 0) is 38.5 Å². The van der Waals surface area contributed by atoms with Crippen LogP contribution in [-0.2, 0) is 16.0 Å². The Balaban J connectivity index is 2.72. The van der Waals surface area contributed by atoms with Crippen LogP contribution in [0.25, 0.3) is 0 Å². The van der Waals surface area contributed by atoms with Gasteiger partial charge in [-0.3, -0.25) is 0 Å². The van der Waals surface area contributed by atoms with E-state index in [1.54, 1.807) is 20.8 Å². The van der Waals surface area contributed by atoms with E-state index in [0.29, 0.717) is 0 Å². The van der Waals surface area contributed by atoms with Crippen LogP contribution in [-0.4, -0.2) is 42.9 Å². The van der Waals surface area contributed by atoms with E-state index in [0.717, 1.165) is 11.3 Å². The van der Waals surface area contributed by atoms with Crippen LogP contribution in [0.15, 0.2) is 24.3 Å². The molecule has 0 aromatic heterocycles. The normalized spacial score (nSPS) is 12.4. The molecule has 0 unspecified atom stereocenters. The van der Waals surface area contributed by atoms with Crippen molar-refractivity contribution in [3.63, 3.8) is 0 Å². The van der Waals surface area contributed by atoms with Crippen LogP contribution in [0.5, 0.6) is 0 Å². The molecule has 22 heavy (non-hydrogen) atoms. The smallest absolute Gasteiger partial charge is 0.408 e. The molecule has 0 bridgehead atoms. The molecule has 0 saturated heterocycles. The number of hydrogen-bond donors (Lipinski definition) is 2. The molecule has 1 rings (SSSR count). The van der Waals surface area contributed by atoms with Crippen LogP contribution in [0.2, 0.25) is 0 Å². The molecule has 0 spiro atoms. The van der Waals surface area contributed by atoms with E-state index in [1.807, 2.05) is 43.3 Å². The van der Waals surface area contributed by atoms with E-state index >= 15 is 0 Å². The molecule has 0 radical (unpaired) electrons. The summed E-state index contributed by atoms with van der Waals surface area (Å²) < 4.78 is 5.09. The summed E-state index contributed by atoms with van der Waals surface area (Å²) in [4.78, 5) is 25.0. The van der Waals surface area contributed by atoms with Crippen LogP contribution >= 0.6 is 0 Å². The molecule has 0 aliphatic rings. The predicted octanol–water partition coefficient (Wildman–Crippen LogP) is 2.27. The number of amides is 1. The third kappa shape index (κ3) is 6.03. The fourth-order valence-electron chi connectivity index (χ4n) is 1.82. The number of benzene rings is 1. The van der Waals surface area contributed by atoms with E-state index in [-0.39, 0.29) is 6.42 Å². The van der Waals surface area contributed by atoms with Crippen molar-refractivity contribution in [3.05, 3.63) is 29.8 Å². The fraction of sp³-hybridized carbons (Fsp3) is 0.500. The Bertz CT molecular complexity index is 518. The number of ether oxygens (including phenoxy) is 1. The number of rotatable bonds is 5. The third-order valence-corrected chi connectivity index (χ3v) is 2.88. The SMILES string of the molecule is CN(C)c1ccc(C[C@@H](NC(=O)OC(C)(C)C)C(=O)O)cc1. The van der Waals surface area contributed by atoms with Crippen molar-refractivity contribution in [1.82, 2.24) is 5.32 Å². The molecule has 0 aliphatic heterocycles. The molecule has 6 nitrogen and oxygen atoms in total. The standard InChI is InChI=1S/C16H24N2O4/c1-16(2,3)22-15(21)17-13(14(19)20)10-11-6-8-12(9-7-11)18(4)5/h6-9,13H,10H2,1-5H3,(H,17,21)(H,19,20)/t13-/m1/s1. The number of nitrogens with one attached hydrogen (secondary N) is 1. The van der Waals surface area contributed by atoms with Crippen molar-refractivity contribution in [2.75, 3.05) is 19.0 Å². The monoisotopic (exact) mass is 308 g/mol. The quantitative estimate of drug-likeness (QED) is 0.872. The lowest BCUT2D eigenvalue weighted by Crippen LogP contribution is -2.44. The Morgan fingerprint density at radius 3 is 2.18 bits per heavy atom. The molecule has 1 aromatic rings. The van der Waals surface area contributed by atoms with Crippen molar-refractivity contribution in [2.45, 2.75) is 38.8 Å². The molecule has 0 saturated carbocycles. The lowest BCUT2D eigenvalue weighted by Gasteiger charge is -2.22. The van der Waals surface area contributed by atoms with Crippen LogP contribution in [0.1, 0.15) is 26.3 Å². The first-order chi connectivity index (χ1) is 10.1. The van der Waals surface area contributed by atoms with Crippen molar-refractivity contribution >= 4 is 17.7 Å². The van der Waals surface area contributed by atoms with E-state index in [2.05, 4.69) is 5.32 Å². The van der Waals surface area contributed by atoms with Crippen molar-refractivity contribution < 1.29 is 19.4 Å². The lowest BCUT2D eigenvalue weighted by molar-refractivity contribution is -0.139. The highest BCUT2D eigenvalue weighted by Crippen LogP contribution is 2.14. The minimum atomic E-state index is -1.09. The number of carboxylic acids is 1. The van der Waals surface area contributed by atoms with Gasteiger partial charge in [-0.25, -0.2) is 9.59 Å². The summed E-state index contributed by atoms with van der Waals surface area (Å²) in [6.45, 7) is 5.17. The molecule has 2 N–H and O–H groups in total. The highest BCUT2D eigenvalue weighted by Gasteiger charge is 2.24. The first-order valence-electron chi connectivity index (χ1n) is 7.07. The number of hydrogen-bond acceptors (Lipinski definition) is 4. The Labute approximate surface area is 131 Å². The van der Waals surface area contributed by atoms with E-state index in [1.165, 1.54) is 0 Å². The van der Waals surface area contributed by atoms with Gasteiger partial charge in [-0.15, -0.1) is 0 Å². The second-order valence-electron chi connectivity index (χ2n) is 6.30. The largest absolute Gasteiger partial charge is 0.480 e. The van der Waals surface area contributed by atoms with Gasteiger partial charge < -0.3 is 20.1 Å². The topological polar surface area (TPSA) is 78.9 Å². The first-order valence-corrected chi connectivity index (χ1v) is 7.07. The summed E-state index contributed by atoms with van der Waals surface area (Å²) in [6.07, 6.45) is -0.535. The summed E-state index contributed by atoms with van der Waals surface area (Å²) in [5, 5.41) is 11.6. The zero-order valence-corrected chi connectivity index (χ0v) is 13.7. The number of aliphatic carboxylic acids is 1. The van der Waals surface area contributed by atoms with Gasteiger partial charge in [0.05, 0.1) is 0 Å². The highest BCUT2D eigenvalue weighted by atomic mass is 16.6.